The highest BCUT2D eigenvalue weighted by molar-refractivity contribution is 5.96. The van der Waals surface area contributed by atoms with E-state index in [2.05, 4.69) is 10.6 Å². The average molecular weight is 424 g/mol. The van der Waals surface area contributed by atoms with Gasteiger partial charge >= 0.3 is 12.3 Å². The molecule has 5 nitrogen and oxygen atoms in total. The molecule has 0 aromatic heterocycles. The molecule has 1 fully saturated rings. The molecular weight excluding hydrogens is 404 g/mol. The molecule has 1 aliphatic rings. The van der Waals surface area contributed by atoms with E-state index in [-0.39, 0.29) is 6.42 Å². The number of benzene rings is 2. The number of alkyl halides is 3. The zero-order valence-corrected chi connectivity index (χ0v) is 15.8. The maximum Gasteiger partial charge on any atom is 0.417 e. The van der Waals surface area contributed by atoms with Crippen molar-refractivity contribution in [3.05, 3.63) is 65.5 Å². The lowest BCUT2D eigenvalue weighted by atomic mass is 9.92. The number of rotatable bonds is 4. The standard InChI is InChI=1S/C21H20F4N2O3/c22-13-8-10-14(11-9-13)27-20(29)30-16-5-3-4-15(12-16)26-19(28)17-6-1-2-7-18(17)21(23,24)25/h1-2,6-11,15-16H,3-5,12H2,(H,26,28)(H,27,29)/t15-,16+/m0/s1. The SMILES string of the molecule is O=C(Nc1ccc(F)cc1)O[C@@H]1CCC[C@H](NC(=O)c2ccccc2C(F)(F)F)C1. The van der Waals surface area contributed by atoms with Crippen LogP contribution < -0.4 is 10.6 Å². The van der Waals surface area contributed by atoms with Gasteiger partial charge in [-0.3, -0.25) is 10.1 Å². The molecule has 2 amide bonds. The molecule has 30 heavy (non-hydrogen) atoms. The van der Waals surface area contributed by atoms with E-state index in [0.717, 1.165) is 12.1 Å². The van der Waals surface area contributed by atoms with E-state index in [1.54, 1.807) is 0 Å². The number of hydrogen-bond donors (Lipinski definition) is 2. The summed E-state index contributed by atoms with van der Waals surface area (Å²) in [6.07, 6.45) is -3.79. The Morgan fingerprint density at radius 2 is 1.70 bits per heavy atom. The molecular formula is C21H20F4N2O3. The van der Waals surface area contributed by atoms with Crippen LogP contribution in [0.15, 0.2) is 48.5 Å². The summed E-state index contributed by atoms with van der Waals surface area (Å²) in [5.41, 5.74) is -1.07. The lowest BCUT2D eigenvalue weighted by Crippen LogP contribution is -2.41. The summed E-state index contributed by atoms with van der Waals surface area (Å²) in [6.45, 7) is 0. The Morgan fingerprint density at radius 3 is 2.40 bits per heavy atom. The minimum atomic E-state index is -4.63. The summed E-state index contributed by atoms with van der Waals surface area (Å²) < 4.78 is 57.6. The lowest BCUT2D eigenvalue weighted by molar-refractivity contribution is -0.137. The van der Waals surface area contributed by atoms with Crippen molar-refractivity contribution in [1.29, 1.82) is 0 Å². The molecule has 1 saturated carbocycles. The molecule has 0 unspecified atom stereocenters. The Labute approximate surface area is 170 Å². The van der Waals surface area contributed by atoms with Crippen LogP contribution in [0.4, 0.5) is 28.0 Å². The number of nitrogens with one attached hydrogen (secondary N) is 2. The molecule has 0 heterocycles. The first-order valence-electron chi connectivity index (χ1n) is 9.42. The van der Waals surface area contributed by atoms with Gasteiger partial charge in [0, 0.05) is 18.2 Å². The van der Waals surface area contributed by atoms with Crippen LogP contribution in [0.5, 0.6) is 0 Å². The van der Waals surface area contributed by atoms with Gasteiger partial charge in [0.25, 0.3) is 5.91 Å². The lowest BCUT2D eigenvalue weighted by Gasteiger charge is -2.29. The van der Waals surface area contributed by atoms with Crippen LogP contribution in [0.2, 0.25) is 0 Å². The van der Waals surface area contributed by atoms with Crippen molar-refractivity contribution in [2.45, 2.75) is 44.0 Å². The van der Waals surface area contributed by atoms with Crippen molar-refractivity contribution in [3.8, 4) is 0 Å². The molecule has 9 heteroatoms. The molecule has 2 atom stereocenters. The second kappa shape index (κ2) is 9.15. The zero-order valence-electron chi connectivity index (χ0n) is 15.8. The first-order valence-corrected chi connectivity index (χ1v) is 9.42. The Hall–Kier alpha value is -3.10. The highest BCUT2D eigenvalue weighted by Crippen LogP contribution is 2.32. The van der Waals surface area contributed by atoms with Gasteiger partial charge in [0.05, 0.1) is 11.1 Å². The topological polar surface area (TPSA) is 67.4 Å². The minimum Gasteiger partial charge on any atom is -0.446 e. The van der Waals surface area contributed by atoms with Crippen molar-refractivity contribution in [2.75, 3.05) is 5.32 Å². The second-order valence-corrected chi connectivity index (χ2v) is 7.04. The van der Waals surface area contributed by atoms with E-state index in [4.69, 9.17) is 4.74 Å². The first-order chi connectivity index (χ1) is 14.2. The Morgan fingerprint density at radius 1 is 1.00 bits per heavy atom. The van der Waals surface area contributed by atoms with Crippen LogP contribution in [0.1, 0.15) is 41.6 Å². The molecule has 0 saturated heterocycles. The number of hydrogen-bond acceptors (Lipinski definition) is 3. The molecule has 0 spiro atoms. The maximum absolute atomic E-state index is 13.1. The third kappa shape index (κ3) is 5.71. The Kier molecular flexibility index (Phi) is 6.59. The van der Waals surface area contributed by atoms with E-state index in [0.29, 0.717) is 24.9 Å². The second-order valence-electron chi connectivity index (χ2n) is 7.04. The van der Waals surface area contributed by atoms with Gasteiger partial charge in [-0.25, -0.2) is 9.18 Å². The molecule has 160 valence electrons. The normalized spacial score (nSPS) is 19.1. The maximum atomic E-state index is 13.1. The van der Waals surface area contributed by atoms with E-state index >= 15 is 0 Å². The van der Waals surface area contributed by atoms with Gasteiger partial charge in [-0.1, -0.05) is 12.1 Å². The van der Waals surface area contributed by atoms with Crippen LogP contribution in [0.25, 0.3) is 0 Å². The Balaban J connectivity index is 1.57. The molecule has 0 aliphatic heterocycles. The number of carbonyl (C=O) groups is 2. The Bertz CT molecular complexity index is 900. The third-order valence-corrected chi connectivity index (χ3v) is 4.80. The van der Waals surface area contributed by atoms with Crippen molar-refractivity contribution < 1.29 is 31.9 Å². The van der Waals surface area contributed by atoms with Crippen molar-refractivity contribution >= 4 is 17.7 Å². The predicted octanol–water partition coefficient (Wildman–Crippen LogP) is 5.13. The van der Waals surface area contributed by atoms with Crippen LogP contribution in [-0.2, 0) is 10.9 Å². The number of halogens is 4. The van der Waals surface area contributed by atoms with Gasteiger partial charge in [-0.05, 0) is 55.7 Å². The fourth-order valence-electron chi connectivity index (χ4n) is 3.41. The molecule has 2 N–H and O–H groups in total. The van der Waals surface area contributed by atoms with Gasteiger partial charge in [-0.2, -0.15) is 13.2 Å². The van der Waals surface area contributed by atoms with Gasteiger partial charge in [0.2, 0.25) is 0 Å². The molecule has 3 rings (SSSR count). The van der Waals surface area contributed by atoms with E-state index in [1.165, 1.54) is 36.4 Å². The first kappa shape index (κ1) is 21.6. The van der Waals surface area contributed by atoms with Gasteiger partial charge in [-0.15, -0.1) is 0 Å². The minimum absolute atomic E-state index is 0.288. The fourth-order valence-corrected chi connectivity index (χ4v) is 3.41. The van der Waals surface area contributed by atoms with Crippen LogP contribution in [-0.4, -0.2) is 24.1 Å². The number of anilines is 1. The zero-order chi connectivity index (χ0) is 21.7. The van der Waals surface area contributed by atoms with E-state index in [9.17, 15) is 27.2 Å². The van der Waals surface area contributed by atoms with E-state index in [1.807, 2.05) is 0 Å². The quantitative estimate of drug-likeness (QED) is 0.669. The van der Waals surface area contributed by atoms with Gasteiger partial charge in [0.15, 0.2) is 0 Å². The highest BCUT2D eigenvalue weighted by atomic mass is 19.4. The average Bonchev–Trinajstić information content (AvgIpc) is 2.69. The summed E-state index contributed by atoms with van der Waals surface area (Å²) >= 11 is 0. The molecule has 1 aliphatic carbocycles. The monoisotopic (exact) mass is 424 g/mol. The van der Waals surface area contributed by atoms with Crippen molar-refractivity contribution in [3.63, 3.8) is 0 Å². The van der Waals surface area contributed by atoms with Crippen LogP contribution in [0, 0.1) is 5.82 Å². The highest BCUT2D eigenvalue weighted by Gasteiger charge is 2.35. The van der Waals surface area contributed by atoms with Crippen molar-refractivity contribution in [1.82, 2.24) is 5.32 Å². The largest absolute Gasteiger partial charge is 0.446 e. The molecule has 0 bridgehead atoms. The smallest absolute Gasteiger partial charge is 0.417 e. The number of ether oxygens (including phenoxy) is 1. The van der Waals surface area contributed by atoms with Crippen molar-refractivity contribution in [2.24, 2.45) is 0 Å². The van der Waals surface area contributed by atoms with Gasteiger partial charge < -0.3 is 10.1 Å². The van der Waals surface area contributed by atoms with Gasteiger partial charge in [0.1, 0.15) is 11.9 Å². The number of amides is 2. The van der Waals surface area contributed by atoms with Crippen LogP contribution >= 0.6 is 0 Å². The summed E-state index contributed by atoms with van der Waals surface area (Å²) in [5, 5.41) is 5.10. The molecule has 2 aromatic carbocycles. The fraction of sp³-hybridized carbons (Fsp3) is 0.333. The summed E-state index contributed by atoms with van der Waals surface area (Å²) in [5.74, 6) is -1.25. The number of carbonyl (C=O) groups excluding carboxylic acids is 2. The summed E-state index contributed by atoms with van der Waals surface area (Å²) in [6, 6.07) is 9.34. The van der Waals surface area contributed by atoms with Crippen LogP contribution in [0.3, 0.4) is 0 Å². The third-order valence-electron chi connectivity index (χ3n) is 4.80. The van der Waals surface area contributed by atoms with E-state index < -0.39 is 47.3 Å². The summed E-state index contributed by atoms with van der Waals surface area (Å²) in [7, 11) is 0. The summed E-state index contributed by atoms with van der Waals surface area (Å²) in [4.78, 5) is 24.4. The molecule has 0 radical (unpaired) electrons. The predicted molar refractivity (Wildman–Crippen MR) is 101 cm³/mol. The molecule has 2 aromatic rings.